The molecule has 3 aromatic rings. The van der Waals surface area contributed by atoms with E-state index in [4.69, 9.17) is 10.7 Å². The van der Waals surface area contributed by atoms with Gasteiger partial charge < -0.3 is 15.7 Å². The van der Waals surface area contributed by atoms with E-state index in [0.717, 1.165) is 54.2 Å². The first-order valence-corrected chi connectivity index (χ1v) is 9.36. The first-order valence-electron chi connectivity index (χ1n) is 9.36. The van der Waals surface area contributed by atoms with E-state index in [2.05, 4.69) is 28.6 Å². The van der Waals surface area contributed by atoms with Crippen LogP contribution in [0.15, 0.2) is 42.6 Å². The molecule has 4 rings (SSSR count). The molecule has 1 fully saturated rings. The lowest BCUT2D eigenvalue weighted by Crippen LogP contribution is -2.49. The third kappa shape index (κ3) is 3.53. The van der Waals surface area contributed by atoms with Crippen LogP contribution in [0.5, 0.6) is 5.75 Å². The van der Waals surface area contributed by atoms with E-state index >= 15 is 0 Å². The zero-order valence-electron chi connectivity index (χ0n) is 15.8. The Balaban J connectivity index is 1.62. The number of rotatable bonds is 3. The van der Waals surface area contributed by atoms with Crippen LogP contribution in [-0.2, 0) is 0 Å². The maximum absolute atomic E-state index is 9.64. The molecule has 2 heterocycles. The van der Waals surface area contributed by atoms with Crippen molar-refractivity contribution in [1.29, 1.82) is 0 Å². The van der Waals surface area contributed by atoms with Gasteiger partial charge in [0.05, 0.1) is 22.9 Å². The average Bonchev–Trinajstić information content (AvgIpc) is 2.69. The number of benzene rings is 2. The number of aromatic hydroxyl groups is 1. The van der Waals surface area contributed by atoms with Gasteiger partial charge in [-0.1, -0.05) is 12.1 Å². The molecule has 0 bridgehead atoms. The molecule has 1 aliphatic heterocycles. The van der Waals surface area contributed by atoms with Crippen molar-refractivity contribution >= 4 is 22.5 Å². The summed E-state index contributed by atoms with van der Waals surface area (Å²) >= 11 is 0. The topological polar surface area (TPSA) is 78.5 Å². The maximum Gasteiger partial charge on any atom is 0.147 e. The summed E-state index contributed by atoms with van der Waals surface area (Å²) in [5.74, 6) is 1.02. The van der Waals surface area contributed by atoms with Gasteiger partial charge in [-0.2, -0.15) is 0 Å². The Kier molecular flexibility index (Phi) is 4.58. The summed E-state index contributed by atoms with van der Waals surface area (Å²) in [5.41, 5.74) is 9.89. The second-order valence-corrected chi connectivity index (χ2v) is 7.32. The molecule has 3 N–H and O–H groups in total. The van der Waals surface area contributed by atoms with Crippen molar-refractivity contribution in [2.45, 2.75) is 19.9 Å². The van der Waals surface area contributed by atoms with E-state index in [-0.39, 0.29) is 5.75 Å². The number of anilines is 2. The molecule has 6 nitrogen and oxygen atoms in total. The molecule has 0 saturated carbocycles. The molecule has 6 heteroatoms. The average molecular weight is 363 g/mol. The Hall–Kier alpha value is -2.86. The van der Waals surface area contributed by atoms with Crippen molar-refractivity contribution < 1.29 is 5.11 Å². The Labute approximate surface area is 159 Å². The lowest BCUT2D eigenvalue weighted by atomic mass is 10.0. The minimum absolute atomic E-state index is 0.0992. The van der Waals surface area contributed by atoms with Crippen LogP contribution in [0, 0.1) is 0 Å². The summed E-state index contributed by atoms with van der Waals surface area (Å²) in [5, 5.41) is 9.64. The number of nitrogens with zero attached hydrogens (tertiary/aromatic N) is 4. The highest BCUT2D eigenvalue weighted by Crippen LogP contribution is 2.29. The quantitative estimate of drug-likeness (QED) is 0.550. The number of piperazine rings is 1. The first-order chi connectivity index (χ1) is 13.0. The normalized spacial score (nSPS) is 15.6. The third-order valence-corrected chi connectivity index (χ3v) is 5.26. The second kappa shape index (κ2) is 7.04. The molecule has 0 spiro atoms. The van der Waals surface area contributed by atoms with E-state index in [1.54, 1.807) is 12.1 Å². The molecule has 0 aliphatic carbocycles. The first kappa shape index (κ1) is 17.5. The van der Waals surface area contributed by atoms with Gasteiger partial charge >= 0.3 is 0 Å². The predicted octanol–water partition coefficient (Wildman–Crippen LogP) is 3.12. The number of hydrogen-bond donors (Lipinski definition) is 2. The van der Waals surface area contributed by atoms with Gasteiger partial charge in [0, 0.05) is 32.2 Å². The molecule has 0 radical (unpaired) electrons. The Morgan fingerprint density at radius 2 is 1.67 bits per heavy atom. The summed E-state index contributed by atoms with van der Waals surface area (Å²) in [7, 11) is 0. The molecule has 1 aliphatic rings. The highest BCUT2D eigenvalue weighted by atomic mass is 16.3. The number of aromatic nitrogens is 2. The number of nitrogens with two attached hydrogens (primary N) is 1. The summed E-state index contributed by atoms with van der Waals surface area (Å²) < 4.78 is 0. The van der Waals surface area contributed by atoms with Gasteiger partial charge in [-0.15, -0.1) is 0 Å². The van der Waals surface area contributed by atoms with Gasteiger partial charge in [-0.25, -0.2) is 4.98 Å². The number of fused-ring (bicyclic) bond motifs is 1. The third-order valence-electron chi connectivity index (χ3n) is 5.26. The van der Waals surface area contributed by atoms with Crippen molar-refractivity contribution in [3.8, 4) is 16.9 Å². The molecule has 0 unspecified atom stereocenters. The van der Waals surface area contributed by atoms with Gasteiger partial charge in [0.2, 0.25) is 0 Å². The molecule has 1 saturated heterocycles. The second-order valence-electron chi connectivity index (χ2n) is 7.32. The van der Waals surface area contributed by atoms with Crippen LogP contribution in [0.2, 0.25) is 0 Å². The summed E-state index contributed by atoms with van der Waals surface area (Å²) in [6, 6.07) is 11.8. The number of phenolic OH excluding ortho intramolecular Hbond substituents is 1. The fourth-order valence-corrected chi connectivity index (χ4v) is 3.54. The smallest absolute Gasteiger partial charge is 0.147 e. The van der Waals surface area contributed by atoms with Gasteiger partial charge in [-0.3, -0.25) is 9.88 Å². The summed E-state index contributed by atoms with van der Waals surface area (Å²) in [6.07, 6.45) is 1.87. The van der Waals surface area contributed by atoms with E-state index in [1.165, 1.54) is 0 Å². The molecule has 2 aromatic carbocycles. The zero-order chi connectivity index (χ0) is 19.0. The molecular weight excluding hydrogens is 338 g/mol. The highest BCUT2D eigenvalue weighted by Gasteiger charge is 2.20. The standard InChI is InChI=1S/C21H25N5O/c1-14(2)25-7-9-26(10-8-25)21-13-23-18-5-3-16(12-19(18)24-21)15-4-6-20(27)17(22)11-15/h3-6,11-14,27H,7-10,22H2,1-2H3. The molecule has 0 atom stereocenters. The summed E-state index contributed by atoms with van der Waals surface area (Å²) in [6.45, 7) is 8.50. The SMILES string of the molecule is CC(C)N1CCN(c2cnc3ccc(-c4ccc(O)c(N)c4)cc3n2)CC1. The van der Waals surface area contributed by atoms with Crippen molar-refractivity contribution in [2.24, 2.45) is 0 Å². The molecule has 0 amide bonds. The van der Waals surface area contributed by atoms with Crippen molar-refractivity contribution in [3.63, 3.8) is 0 Å². The lowest BCUT2D eigenvalue weighted by molar-refractivity contribution is 0.209. The fraction of sp³-hybridized carbons (Fsp3) is 0.333. The van der Waals surface area contributed by atoms with Crippen LogP contribution in [0.25, 0.3) is 22.2 Å². The summed E-state index contributed by atoms with van der Waals surface area (Å²) in [4.78, 5) is 14.2. The molecule has 140 valence electrons. The minimum atomic E-state index is 0.0992. The maximum atomic E-state index is 9.64. The van der Waals surface area contributed by atoms with Crippen LogP contribution in [-0.4, -0.2) is 52.2 Å². The Bertz CT molecular complexity index is 964. The number of nitrogen functional groups attached to an aromatic ring is 1. The van der Waals surface area contributed by atoms with Crippen LogP contribution < -0.4 is 10.6 Å². The van der Waals surface area contributed by atoms with Crippen molar-refractivity contribution in [3.05, 3.63) is 42.6 Å². The van der Waals surface area contributed by atoms with Crippen molar-refractivity contribution in [2.75, 3.05) is 36.8 Å². The van der Waals surface area contributed by atoms with Gasteiger partial charge in [-0.05, 0) is 49.2 Å². The largest absolute Gasteiger partial charge is 0.506 e. The Morgan fingerprint density at radius 3 is 2.37 bits per heavy atom. The predicted molar refractivity (Wildman–Crippen MR) is 110 cm³/mol. The van der Waals surface area contributed by atoms with E-state index < -0.39 is 0 Å². The van der Waals surface area contributed by atoms with E-state index in [9.17, 15) is 5.11 Å². The molecule has 27 heavy (non-hydrogen) atoms. The van der Waals surface area contributed by atoms with Crippen LogP contribution >= 0.6 is 0 Å². The molecule has 1 aromatic heterocycles. The van der Waals surface area contributed by atoms with Crippen molar-refractivity contribution in [1.82, 2.24) is 14.9 Å². The zero-order valence-corrected chi connectivity index (χ0v) is 15.8. The monoisotopic (exact) mass is 363 g/mol. The van der Waals surface area contributed by atoms with Crippen LogP contribution in [0.3, 0.4) is 0 Å². The fourth-order valence-electron chi connectivity index (χ4n) is 3.54. The Morgan fingerprint density at radius 1 is 0.963 bits per heavy atom. The molecular formula is C21H25N5O. The van der Waals surface area contributed by atoms with E-state index in [0.29, 0.717) is 11.7 Å². The highest BCUT2D eigenvalue weighted by molar-refractivity contribution is 5.83. The van der Waals surface area contributed by atoms with Gasteiger partial charge in [0.1, 0.15) is 11.6 Å². The minimum Gasteiger partial charge on any atom is -0.506 e. The van der Waals surface area contributed by atoms with Crippen LogP contribution in [0.1, 0.15) is 13.8 Å². The van der Waals surface area contributed by atoms with Crippen LogP contribution in [0.4, 0.5) is 11.5 Å². The number of hydrogen-bond acceptors (Lipinski definition) is 6. The lowest BCUT2D eigenvalue weighted by Gasteiger charge is -2.37. The van der Waals surface area contributed by atoms with Gasteiger partial charge in [0.25, 0.3) is 0 Å². The van der Waals surface area contributed by atoms with Gasteiger partial charge in [0.15, 0.2) is 0 Å². The van der Waals surface area contributed by atoms with E-state index in [1.807, 2.05) is 30.5 Å². The number of phenols is 1.